The van der Waals surface area contributed by atoms with E-state index in [1.807, 2.05) is 55.5 Å². The number of para-hydroxylation sites is 1. The summed E-state index contributed by atoms with van der Waals surface area (Å²) in [6, 6.07) is 15.0. The van der Waals surface area contributed by atoms with Crippen LogP contribution in [0.3, 0.4) is 0 Å². The molecular formula is C20H21ClN2O3. The fourth-order valence-corrected chi connectivity index (χ4v) is 2.46. The minimum Gasteiger partial charge on any atom is -0.490 e. The lowest BCUT2D eigenvalue weighted by atomic mass is 10.1. The van der Waals surface area contributed by atoms with E-state index in [2.05, 4.69) is 5.32 Å². The fourth-order valence-electron chi connectivity index (χ4n) is 2.34. The van der Waals surface area contributed by atoms with Crippen LogP contribution in [0.4, 0.5) is 0 Å². The van der Waals surface area contributed by atoms with Crippen molar-refractivity contribution in [2.24, 2.45) is 0 Å². The topological polar surface area (TPSA) is 71.3 Å². The van der Waals surface area contributed by atoms with E-state index in [-0.39, 0.29) is 12.3 Å². The van der Waals surface area contributed by atoms with Crippen LogP contribution in [0.15, 0.2) is 42.5 Å². The Labute approximate surface area is 158 Å². The summed E-state index contributed by atoms with van der Waals surface area (Å²) < 4.78 is 11.5. The zero-order valence-corrected chi connectivity index (χ0v) is 15.4. The van der Waals surface area contributed by atoms with Crippen molar-refractivity contribution in [1.29, 1.82) is 5.26 Å². The first-order valence-electron chi connectivity index (χ1n) is 8.33. The summed E-state index contributed by atoms with van der Waals surface area (Å²) in [7, 11) is 0. The monoisotopic (exact) mass is 372 g/mol. The van der Waals surface area contributed by atoms with Crippen LogP contribution in [-0.4, -0.2) is 25.7 Å². The summed E-state index contributed by atoms with van der Waals surface area (Å²) in [6.45, 7) is 3.20. The first-order chi connectivity index (χ1) is 12.6. The third-order valence-corrected chi connectivity index (χ3v) is 4.09. The average molecular weight is 373 g/mol. The summed E-state index contributed by atoms with van der Waals surface area (Å²) >= 11 is 6.00. The number of benzene rings is 2. The van der Waals surface area contributed by atoms with Crippen molar-refractivity contribution in [2.75, 3.05) is 19.8 Å². The van der Waals surface area contributed by atoms with Crippen LogP contribution in [0.2, 0.25) is 5.02 Å². The summed E-state index contributed by atoms with van der Waals surface area (Å²) in [5.74, 6) is 1.25. The predicted octanol–water partition coefficient (Wildman–Crippen LogP) is 3.68. The van der Waals surface area contributed by atoms with Gasteiger partial charge < -0.3 is 14.8 Å². The van der Waals surface area contributed by atoms with E-state index >= 15 is 0 Å². The maximum atomic E-state index is 11.3. The lowest BCUT2D eigenvalue weighted by Crippen LogP contribution is -2.25. The molecule has 1 N–H and O–H groups in total. The molecule has 0 atom stereocenters. The van der Waals surface area contributed by atoms with E-state index in [1.165, 1.54) is 0 Å². The number of nitrogens with zero attached hydrogens (tertiary/aromatic N) is 1. The zero-order valence-electron chi connectivity index (χ0n) is 14.6. The molecule has 0 heterocycles. The molecule has 136 valence electrons. The molecule has 1 amide bonds. The van der Waals surface area contributed by atoms with Crippen molar-refractivity contribution >= 4 is 17.5 Å². The van der Waals surface area contributed by atoms with Gasteiger partial charge in [0.25, 0.3) is 0 Å². The molecule has 0 saturated carbocycles. The highest BCUT2D eigenvalue weighted by Crippen LogP contribution is 2.21. The normalized spacial score (nSPS) is 10.0. The Morgan fingerprint density at radius 2 is 1.96 bits per heavy atom. The third-order valence-electron chi connectivity index (χ3n) is 3.67. The molecule has 6 heteroatoms. The molecule has 0 fully saturated rings. The van der Waals surface area contributed by atoms with Gasteiger partial charge in [-0.2, -0.15) is 5.26 Å². The van der Waals surface area contributed by atoms with Crippen molar-refractivity contribution < 1.29 is 14.3 Å². The van der Waals surface area contributed by atoms with Gasteiger partial charge >= 0.3 is 0 Å². The smallest absolute Gasteiger partial charge is 0.234 e. The molecule has 0 saturated heterocycles. The number of aryl methyl sites for hydroxylation is 1. The second-order valence-electron chi connectivity index (χ2n) is 5.65. The molecule has 0 spiro atoms. The number of hydrogen-bond donors (Lipinski definition) is 1. The van der Waals surface area contributed by atoms with Gasteiger partial charge in [-0.25, -0.2) is 0 Å². The largest absolute Gasteiger partial charge is 0.490 e. The number of amides is 1. The summed E-state index contributed by atoms with van der Waals surface area (Å²) in [4.78, 5) is 11.3. The highest BCUT2D eigenvalue weighted by atomic mass is 35.5. The molecule has 0 radical (unpaired) electrons. The number of nitriles is 1. The van der Waals surface area contributed by atoms with E-state index < -0.39 is 0 Å². The molecule has 0 unspecified atom stereocenters. The molecule has 0 aliphatic carbocycles. The van der Waals surface area contributed by atoms with E-state index in [9.17, 15) is 4.79 Å². The number of halogens is 1. The van der Waals surface area contributed by atoms with Crippen LogP contribution < -0.4 is 14.8 Å². The van der Waals surface area contributed by atoms with Gasteiger partial charge in [0.05, 0.1) is 6.07 Å². The van der Waals surface area contributed by atoms with E-state index in [4.69, 9.17) is 26.3 Å². The van der Waals surface area contributed by atoms with Gasteiger partial charge in [-0.05, 0) is 48.7 Å². The molecule has 2 aromatic rings. The summed E-state index contributed by atoms with van der Waals surface area (Å²) in [6.07, 6.45) is 0.504. The summed E-state index contributed by atoms with van der Waals surface area (Å²) in [5.41, 5.74) is 1.96. The maximum absolute atomic E-state index is 11.3. The minimum atomic E-state index is -0.266. The number of carbonyl (C=O) groups excluding carboxylic acids is 1. The Morgan fingerprint density at radius 3 is 2.73 bits per heavy atom. The van der Waals surface area contributed by atoms with E-state index in [0.29, 0.717) is 31.2 Å². The number of hydrogen-bond acceptors (Lipinski definition) is 4. The highest BCUT2D eigenvalue weighted by molar-refractivity contribution is 6.31. The number of ether oxygens (including phenoxy) is 2. The van der Waals surface area contributed by atoms with Crippen molar-refractivity contribution in [3.8, 4) is 17.6 Å². The minimum absolute atomic E-state index is 0.125. The standard InChI is InChI=1S/C20H21ClN2O3/c1-15-14-17(6-7-18(15)21)25-12-13-26-19-5-3-2-4-16(19)9-11-23-20(24)8-10-22/h2-7,14H,8-9,11-13H2,1H3,(H,23,24). The molecule has 5 nitrogen and oxygen atoms in total. The Bertz CT molecular complexity index is 787. The Balaban J connectivity index is 1.79. The van der Waals surface area contributed by atoms with Crippen LogP contribution in [0.25, 0.3) is 0 Å². The Morgan fingerprint density at radius 1 is 1.19 bits per heavy atom. The first kappa shape index (κ1) is 19.6. The lowest BCUT2D eigenvalue weighted by molar-refractivity contribution is -0.120. The SMILES string of the molecule is Cc1cc(OCCOc2ccccc2CCNC(=O)CC#N)ccc1Cl. The maximum Gasteiger partial charge on any atom is 0.234 e. The fraction of sp³-hybridized carbons (Fsp3) is 0.300. The van der Waals surface area contributed by atoms with Gasteiger partial charge in [0, 0.05) is 11.6 Å². The van der Waals surface area contributed by atoms with Crippen LogP contribution in [0.1, 0.15) is 17.5 Å². The highest BCUT2D eigenvalue weighted by Gasteiger charge is 2.05. The van der Waals surface area contributed by atoms with Crippen LogP contribution in [0, 0.1) is 18.3 Å². The van der Waals surface area contributed by atoms with Crippen molar-refractivity contribution in [3.05, 3.63) is 58.6 Å². The average Bonchev–Trinajstić information content (AvgIpc) is 2.63. The number of nitrogens with one attached hydrogen (secondary N) is 1. The van der Waals surface area contributed by atoms with Crippen LogP contribution in [-0.2, 0) is 11.2 Å². The lowest BCUT2D eigenvalue weighted by Gasteiger charge is -2.13. The Kier molecular flexibility index (Phi) is 7.78. The van der Waals surface area contributed by atoms with Crippen LogP contribution >= 0.6 is 11.6 Å². The first-order valence-corrected chi connectivity index (χ1v) is 8.71. The summed E-state index contributed by atoms with van der Waals surface area (Å²) in [5, 5.41) is 11.9. The second-order valence-corrected chi connectivity index (χ2v) is 6.06. The van der Waals surface area contributed by atoms with E-state index in [0.717, 1.165) is 22.6 Å². The molecule has 0 aromatic heterocycles. The molecule has 26 heavy (non-hydrogen) atoms. The third kappa shape index (κ3) is 6.30. The van der Waals surface area contributed by atoms with Gasteiger partial charge in [0.15, 0.2) is 0 Å². The van der Waals surface area contributed by atoms with Gasteiger partial charge in [-0.3, -0.25) is 4.79 Å². The molecule has 0 aliphatic rings. The van der Waals surface area contributed by atoms with Crippen molar-refractivity contribution in [2.45, 2.75) is 19.8 Å². The van der Waals surface area contributed by atoms with Gasteiger partial charge in [0.1, 0.15) is 31.1 Å². The zero-order chi connectivity index (χ0) is 18.8. The predicted molar refractivity (Wildman–Crippen MR) is 101 cm³/mol. The molecular weight excluding hydrogens is 352 g/mol. The number of carbonyl (C=O) groups is 1. The Hall–Kier alpha value is -2.71. The van der Waals surface area contributed by atoms with Crippen LogP contribution in [0.5, 0.6) is 11.5 Å². The second kappa shape index (κ2) is 10.3. The van der Waals surface area contributed by atoms with Gasteiger partial charge in [-0.1, -0.05) is 29.8 Å². The van der Waals surface area contributed by atoms with Gasteiger partial charge in [-0.15, -0.1) is 0 Å². The molecule has 0 aliphatic heterocycles. The number of rotatable bonds is 9. The quantitative estimate of drug-likeness (QED) is 0.681. The molecule has 2 rings (SSSR count). The van der Waals surface area contributed by atoms with Crippen molar-refractivity contribution in [3.63, 3.8) is 0 Å². The molecule has 0 bridgehead atoms. The van der Waals surface area contributed by atoms with E-state index in [1.54, 1.807) is 0 Å². The van der Waals surface area contributed by atoms with Crippen molar-refractivity contribution in [1.82, 2.24) is 5.32 Å². The molecule has 2 aromatic carbocycles. The van der Waals surface area contributed by atoms with Gasteiger partial charge in [0.2, 0.25) is 5.91 Å².